The zero-order valence-electron chi connectivity index (χ0n) is 12.7. The quantitative estimate of drug-likeness (QED) is 0.340. The third-order valence-electron chi connectivity index (χ3n) is 3.41. The van der Waals surface area contributed by atoms with E-state index >= 15 is 0 Å². The van der Waals surface area contributed by atoms with Crippen LogP contribution >= 0.6 is 7.60 Å². The molecular weight excluding hydrogens is 359 g/mol. The SMILES string of the molecule is C#Cc1cn(C2CC(O)C(COP(=O)(O)CC(=O)O)O2)c(=O)[nH]c1=O. The van der Waals surface area contributed by atoms with E-state index in [2.05, 4.69) is 10.4 Å². The first-order chi connectivity index (χ1) is 11.6. The van der Waals surface area contributed by atoms with Crippen LogP contribution in [0.25, 0.3) is 0 Å². The van der Waals surface area contributed by atoms with Gasteiger partial charge in [-0.05, 0) is 0 Å². The fourth-order valence-corrected chi connectivity index (χ4v) is 3.06. The molecule has 1 aliphatic rings. The third-order valence-corrected chi connectivity index (χ3v) is 4.64. The van der Waals surface area contributed by atoms with E-state index in [4.69, 9.17) is 16.3 Å². The normalized spacial score (nSPS) is 25.2. The third kappa shape index (κ3) is 4.66. The van der Waals surface area contributed by atoms with Gasteiger partial charge in [0.2, 0.25) is 0 Å². The lowest BCUT2D eigenvalue weighted by molar-refractivity contribution is -0.134. The number of hydrogen-bond acceptors (Lipinski definition) is 7. The van der Waals surface area contributed by atoms with Crippen LogP contribution in [0.5, 0.6) is 0 Å². The summed E-state index contributed by atoms with van der Waals surface area (Å²) in [5.74, 6) is 0.585. The van der Waals surface area contributed by atoms with E-state index in [0.717, 1.165) is 10.8 Å². The molecule has 1 fully saturated rings. The van der Waals surface area contributed by atoms with Crippen molar-refractivity contribution in [2.75, 3.05) is 12.8 Å². The molecule has 4 N–H and O–H groups in total. The molecule has 4 atom stereocenters. The van der Waals surface area contributed by atoms with Crippen molar-refractivity contribution in [3.63, 3.8) is 0 Å². The number of aliphatic carboxylic acids is 1. The minimum atomic E-state index is -4.38. The van der Waals surface area contributed by atoms with Crippen LogP contribution in [0.15, 0.2) is 15.8 Å². The van der Waals surface area contributed by atoms with Gasteiger partial charge in [0.1, 0.15) is 24.1 Å². The van der Waals surface area contributed by atoms with Gasteiger partial charge in [-0.3, -0.25) is 23.7 Å². The fourth-order valence-electron chi connectivity index (χ4n) is 2.24. The Hall–Kier alpha value is -2.22. The van der Waals surface area contributed by atoms with Gasteiger partial charge >= 0.3 is 19.3 Å². The van der Waals surface area contributed by atoms with Gasteiger partial charge in [-0.25, -0.2) is 4.79 Å². The zero-order valence-corrected chi connectivity index (χ0v) is 13.6. The van der Waals surface area contributed by atoms with Crippen molar-refractivity contribution in [2.45, 2.75) is 24.9 Å². The number of ether oxygens (including phenoxy) is 1. The topological polar surface area (TPSA) is 168 Å². The number of nitrogens with one attached hydrogen (secondary N) is 1. The molecule has 1 saturated heterocycles. The maximum absolute atomic E-state index is 11.8. The second-order valence-electron chi connectivity index (χ2n) is 5.27. The Morgan fingerprint density at radius 3 is 2.84 bits per heavy atom. The number of H-pyrrole nitrogens is 1. The Bertz CT molecular complexity index is 867. The Kier molecular flexibility index (Phi) is 5.62. The number of carbonyl (C=O) groups is 1. The van der Waals surface area contributed by atoms with Crippen molar-refractivity contribution in [1.82, 2.24) is 9.55 Å². The van der Waals surface area contributed by atoms with Crippen molar-refractivity contribution in [2.24, 2.45) is 0 Å². The monoisotopic (exact) mass is 374 g/mol. The van der Waals surface area contributed by atoms with E-state index in [1.807, 2.05) is 4.98 Å². The molecule has 1 aromatic heterocycles. The first-order valence-corrected chi connectivity index (χ1v) is 8.73. The highest BCUT2D eigenvalue weighted by atomic mass is 31.2. The van der Waals surface area contributed by atoms with Gasteiger partial charge in [0.15, 0.2) is 0 Å². The number of nitrogens with zero attached hydrogens (tertiary/aromatic N) is 1. The number of aliphatic hydroxyl groups excluding tert-OH is 1. The summed E-state index contributed by atoms with van der Waals surface area (Å²) < 4.78 is 22.5. The highest BCUT2D eigenvalue weighted by Crippen LogP contribution is 2.42. The highest BCUT2D eigenvalue weighted by molar-refractivity contribution is 7.53. The van der Waals surface area contributed by atoms with Gasteiger partial charge in [0.25, 0.3) is 5.56 Å². The number of carboxylic acids is 1. The minimum absolute atomic E-state index is 0.0708. The van der Waals surface area contributed by atoms with Crippen molar-refractivity contribution in [1.29, 1.82) is 0 Å². The van der Waals surface area contributed by atoms with Crippen LogP contribution < -0.4 is 11.2 Å². The number of terminal acetylenes is 1. The van der Waals surface area contributed by atoms with Crippen LogP contribution in [0.3, 0.4) is 0 Å². The number of aliphatic hydroxyl groups is 1. The lowest BCUT2D eigenvalue weighted by Gasteiger charge is -2.17. The summed E-state index contributed by atoms with van der Waals surface area (Å²) in [5, 5.41) is 18.5. The molecule has 1 aliphatic heterocycles. The van der Waals surface area contributed by atoms with Crippen molar-refractivity contribution < 1.29 is 33.7 Å². The molecule has 0 spiro atoms. The van der Waals surface area contributed by atoms with Gasteiger partial charge in [0.05, 0.1) is 12.7 Å². The molecule has 12 heteroatoms. The van der Waals surface area contributed by atoms with Gasteiger partial charge in [0, 0.05) is 12.6 Å². The molecule has 0 bridgehead atoms. The second-order valence-corrected chi connectivity index (χ2v) is 7.12. The summed E-state index contributed by atoms with van der Waals surface area (Å²) in [4.78, 5) is 45.1. The van der Waals surface area contributed by atoms with Crippen molar-refractivity contribution in [3.8, 4) is 12.3 Å². The Morgan fingerprint density at radius 1 is 1.56 bits per heavy atom. The molecule has 2 rings (SSSR count). The fraction of sp³-hybridized carbons (Fsp3) is 0.462. The largest absolute Gasteiger partial charge is 0.481 e. The average molecular weight is 374 g/mol. The molecule has 2 heterocycles. The molecule has 136 valence electrons. The Labute approximate surface area is 140 Å². The van der Waals surface area contributed by atoms with Gasteiger partial charge in [-0.15, -0.1) is 6.42 Å². The van der Waals surface area contributed by atoms with Crippen LogP contribution in [0, 0.1) is 12.3 Å². The van der Waals surface area contributed by atoms with Crippen LogP contribution in [0.4, 0.5) is 0 Å². The maximum Gasteiger partial charge on any atom is 0.339 e. The standard InChI is InChI=1S/C13H15N2O9P/c1-2-7-4-15(13(20)14-12(7)19)10-3-8(16)9(24-10)5-23-25(21,22)6-11(17)18/h1,4,8-10,16H,3,5-6H2,(H,17,18)(H,21,22)(H,14,19,20). The van der Waals surface area contributed by atoms with Crippen LogP contribution in [-0.4, -0.2) is 55.6 Å². The van der Waals surface area contributed by atoms with Crippen molar-refractivity contribution in [3.05, 3.63) is 32.6 Å². The van der Waals surface area contributed by atoms with Gasteiger partial charge in [-0.1, -0.05) is 5.92 Å². The Morgan fingerprint density at radius 2 is 2.24 bits per heavy atom. The molecule has 1 aromatic rings. The summed E-state index contributed by atoms with van der Waals surface area (Å²) in [5.41, 5.74) is -1.66. The van der Waals surface area contributed by atoms with Crippen LogP contribution in [0.2, 0.25) is 0 Å². The molecule has 0 aromatic carbocycles. The van der Waals surface area contributed by atoms with E-state index in [-0.39, 0.29) is 12.0 Å². The number of hydrogen-bond donors (Lipinski definition) is 4. The number of carboxylic acid groups (broad SMARTS) is 1. The molecule has 0 aliphatic carbocycles. The summed E-state index contributed by atoms with van der Waals surface area (Å²) >= 11 is 0. The molecule has 25 heavy (non-hydrogen) atoms. The van der Waals surface area contributed by atoms with E-state index in [1.165, 1.54) is 0 Å². The highest BCUT2D eigenvalue weighted by Gasteiger charge is 2.37. The zero-order chi connectivity index (χ0) is 18.8. The van der Waals surface area contributed by atoms with Crippen LogP contribution in [0.1, 0.15) is 18.2 Å². The molecule has 0 radical (unpaired) electrons. The number of rotatable bonds is 6. The number of aromatic nitrogens is 2. The molecular formula is C13H15N2O9P. The summed E-state index contributed by atoms with van der Waals surface area (Å²) in [6, 6.07) is 0. The predicted octanol–water partition coefficient (Wildman–Crippen LogP) is -1.55. The summed E-state index contributed by atoms with van der Waals surface area (Å²) in [6.45, 7) is -0.557. The van der Waals surface area contributed by atoms with E-state index in [9.17, 15) is 28.9 Å². The maximum atomic E-state index is 11.8. The Balaban J connectivity index is 2.11. The summed E-state index contributed by atoms with van der Waals surface area (Å²) in [7, 11) is -4.38. The smallest absolute Gasteiger partial charge is 0.339 e. The lowest BCUT2D eigenvalue weighted by Crippen LogP contribution is -2.33. The molecule has 4 unspecified atom stereocenters. The first-order valence-electron chi connectivity index (χ1n) is 6.96. The van der Waals surface area contributed by atoms with E-state index in [0.29, 0.717) is 0 Å². The van der Waals surface area contributed by atoms with Gasteiger partial charge in [-0.2, -0.15) is 0 Å². The van der Waals surface area contributed by atoms with E-state index in [1.54, 1.807) is 0 Å². The first kappa shape index (κ1) is 19.1. The van der Waals surface area contributed by atoms with E-state index < -0.39 is 56.0 Å². The predicted molar refractivity (Wildman–Crippen MR) is 82.1 cm³/mol. The van der Waals surface area contributed by atoms with Gasteiger partial charge < -0.3 is 24.4 Å². The lowest BCUT2D eigenvalue weighted by atomic mass is 10.2. The number of aromatic amines is 1. The second kappa shape index (κ2) is 7.35. The average Bonchev–Trinajstić information content (AvgIpc) is 2.85. The van der Waals surface area contributed by atoms with Crippen LogP contribution in [-0.2, 0) is 18.6 Å². The minimum Gasteiger partial charge on any atom is -0.481 e. The molecule has 0 amide bonds. The molecule has 11 nitrogen and oxygen atoms in total. The molecule has 0 saturated carbocycles. The summed E-state index contributed by atoms with van der Waals surface area (Å²) in [6.07, 6.45) is 1.88. The van der Waals surface area contributed by atoms with Crippen molar-refractivity contribution >= 4 is 13.6 Å².